The van der Waals surface area contributed by atoms with Gasteiger partial charge in [0.05, 0.1) is 12.7 Å². The number of anilines is 1. The Bertz CT molecular complexity index is 665. The van der Waals surface area contributed by atoms with E-state index in [1.165, 1.54) is 0 Å². The Balaban J connectivity index is 2.00. The molecule has 2 rings (SSSR count). The van der Waals surface area contributed by atoms with Crippen LogP contribution in [0.5, 0.6) is 5.75 Å². The van der Waals surface area contributed by atoms with Gasteiger partial charge in [0.2, 0.25) is 0 Å². The summed E-state index contributed by atoms with van der Waals surface area (Å²) in [5.41, 5.74) is 1.51. The van der Waals surface area contributed by atoms with Crippen LogP contribution in [0.15, 0.2) is 42.6 Å². The van der Waals surface area contributed by atoms with Gasteiger partial charge >= 0.3 is 0 Å². The highest BCUT2D eigenvalue weighted by atomic mass is 16.5. The van der Waals surface area contributed by atoms with Crippen molar-refractivity contribution in [2.75, 3.05) is 25.1 Å². The van der Waals surface area contributed by atoms with Crippen LogP contribution in [0.4, 0.5) is 5.82 Å². The van der Waals surface area contributed by atoms with Crippen molar-refractivity contribution in [1.29, 1.82) is 0 Å². The number of ether oxygens (including phenoxy) is 1. The second kappa shape index (κ2) is 9.67. The highest BCUT2D eigenvalue weighted by molar-refractivity contribution is 5.94. The number of para-hydroxylation sites is 1. The lowest BCUT2D eigenvalue weighted by molar-refractivity contribution is 0.0950. The van der Waals surface area contributed by atoms with Crippen LogP contribution in [0, 0.1) is 0 Å². The molecule has 5 heteroatoms. The van der Waals surface area contributed by atoms with E-state index in [0.717, 1.165) is 43.1 Å². The quantitative estimate of drug-likeness (QED) is 0.756. The average Bonchev–Trinajstić information content (AvgIpc) is 2.66. The largest absolute Gasteiger partial charge is 0.496 e. The van der Waals surface area contributed by atoms with E-state index in [0.29, 0.717) is 12.1 Å². The highest BCUT2D eigenvalue weighted by Crippen LogP contribution is 2.17. The molecule has 134 valence electrons. The molecule has 0 bridgehead atoms. The van der Waals surface area contributed by atoms with Crippen molar-refractivity contribution >= 4 is 11.7 Å². The monoisotopic (exact) mass is 341 g/mol. The minimum absolute atomic E-state index is 0.137. The Morgan fingerprint density at radius 1 is 1.12 bits per heavy atom. The molecule has 0 fully saturated rings. The van der Waals surface area contributed by atoms with E-state index in [9.17, 15) is 4.79 Å². The van der Waals surface area contributed by atoms with Crippen LogP contribution in [-0.4, -0.2) is 31.1 Å². The zero-order valence-electron chi connectivity index (χ0n) is 15.3. The number of hydrogen-bond acceptors (Lipinski definition) is 4. The van der Waals surface area contributed by atoms with Gasteiger partial charge in [0, 0.05) is 31.4 Å². The summed E-state index contributed by atoms with van der Waals surface area (Å²) >= 11 is 0. The van der Waals surface area contributed by atoms with E-state index in [4.69, 9.17) is 4.74 Å². The van der Waals surface area contributed by atoms with Gasteiger partial charge in [-0.15, -0.1) is 0 Å². The Morgan fingerprint density at radius 3 is 2.44 bits per heavy atom. The fourth-order valence-electron chi connectivity index (χ4n) is 2.71. The molecule has 0 saturated carbocycles. The topological polar surface area (TPSA) is 54.5 Å². The summed E-state index contributed by atoms with van der Waals surface area (Å²) in [6.07, 6.45) is 3.79. The van der Waals surface area contributed by atoms with Crippen molar-refractivity contribution in [2.45, 2.75) is 33.2 Å². The molecule has 0 radical (unpaired) electrons. The Kier molecular flexibility index (Phi) is 7.26. The molecule has 0 atom stereocenters. The van der Waals surface area contributed by atoms with Crippen LogP contribution >= 0.6 is 0 Å². The number of pyridine rings is 1. The molecule has 1 aromatic heterocycles. The van der Waals surface area contributed by atoms with Crippen LogP contribution in [0.25, 0.3) is 0 Å². The summed E-state index contributed by atoms with van der Waals surface area (Å²) in [6, 6.07) is 11.4. The van der Waals surface area contributed by atoms with Gasteiger partial charge in [0.15, 0.2) is 0 Å². The summed E-state index contributed by atoms with van der Waals surface area (Å²) in [5, 5.41) is 2.92. The van der Waals surface area contributed by atoms with Gasteiger partial charge in [-0.05, 0) is 31.0 Å². The number of nitrogens with zero attached hydrogens (tertiary/aromatic N) is 2. The number of hydrogen-bond donors (Lipinski definition) is 1. The summed E-state index contributed by atoms with van der Waals surface area (Å²) in [4.78, 5) is 19.1. The van der Waals surface area contributed by atoms with Crippen LogP contribution in [0.2, 0.25) is 0 Å². The molecule has 0 spiro atoms. The van der Waals surface area contributed by atoms with Gasteiger partial charge in [0.1, 0.15) is 11.6 Å². The number of carbonyl (C=O) groups is 1. The van der Waals surface area contributed by atoms with Crippen molar-refractivity contribution < 1.29 is 9.53 Å². The number of benzene rings is 1. The molecular formula is C20H27N3O2. The fourth-order valence-corrected chi connectivity index (χ4v) is 2.71. The summed E-state index contributed by atoms with van der Waals surface area (Å²) in [7, 11) is 1.63. The second-order valence-corrected chi connectivity index (χ2v) is 5.89. The van der Waals surface area contributed by atoms with Crippen LogP contribution in [0.1, 0.15) is 42.6 Å². The molecule has 1 heterocycles. The third-order valence-electron chi connectivity index (χ3n) is 3.95. The van der Waals surface area contributed by atoms with Gasteiger partial charge in [-0.1, -0.05) is 32.0 Å². The second-order valence-electron chi connectivity index (χ2n) is 5.89. The molecule has 2 aromatic rings. The first kappa shape index (κ1) is 18.8. The first-order chi connectivity index (χ1) is 12.2. The third kappa shape index (κ3) is 5.21. The maximum absolute atomic E-state index is 12.3. The molecule has 0 saturated heterocycles. The predicted octanol–water partition coefficient (Wildman–Crippen LogP) is 3.65. The fraction of sp³-hybridized carbons (Fsp3) is 0.400. The zero-order valence-corrected chi connectivity index (χ0v) is 15.3. The molecule has 0 aliphatic carbocycles. The van der Waals surface area contributed by atoms with Gasteiger partial charge in [-0.3, -0.25) is 4.79 Å². The summed E-state index contributed by atoms with van der Waals surface area (Å²) in [5.74, 6) is 1.55. The third-order valence-corrected chi connectivity index (χ3v) is 3.95. The summed E-state index contributed by atoms with van der Waals surface area (Å²) in [6.45, 7) is 6.67. The lowest BCUT2D eigenvalue weighted by Crippen LogP contribution is -2.26. The van der Waals surface area contributed by atoms with Crippen molar-refractivity contribution in [1.82, 2.24) is 10.3 Å². The van der Waals surface area contributed by atoms with Gasteiger partial charge in [-0.2, -0.15) is 0 Å². The number of rotatable bonds is 9. The number of nitrogens with one attached hydrogen (secondary N) is 1. The van der Waals surface area contributed by atoms with E-state index in [2.05, 4.69) is 29.0 Å². The summed E-state index contributed by atoms with van der Waals surface area (Å²) < 4.78 is 5.30. The van der Waals surface area contributed by atoms with E-state index in [1.807, 2.05) is 36.4 Å². The molecule has 1 amide bonds. The average molecular weight is 341 g/mol. The smallest absolute Gasteiger partial charge is 0.253 e. The molecule has 1 aromatic carbocycles. The number of amides is 1. The van der Waals surface area contributed by atoms with Gasteiger partial charge in [0.25, 0.3) is 5.91 Å². The lowest BCUT2D eigenvalue weighted by Gasteiger charge is -2.22. The van der Waals surface area contributed by atoms with E-state index in [-0.39, 0.29) is 5.91 Å². The Morgan fingerprint density at radius 2 is 1.84 bits per heavy atom. The Hall–Kier alpha value is -2.56. The highest BCUT2D eigenvalue weighted by Gasteiger charge is 2.10. The molecule has 0 aliphatic heterocycles. The standard InChI is InChI=1S/C20H27N3O2/c1-4-12-23(13-5-2)19-11-10-17(15-21-19)20(24)22-14-16-8-6-7-9-18(16)25-3/h6-11,15H,4-5,12-14H2,1-3H3,(H,22,24). The van der Waals surface area contributed by atoms with E-state index in [1.54, 1.807) is 13.3 Å². The maximum Gasteiger partial charge on any atom is 0.253 e. The molecular weight excluding hydrogens is 314 g/mol. The van der Waals surface area contributed by atoms with Crippen molar-refractivity contribution in [3.8, 4) is 5.75 Å². The van der Waals surface area contributed by atoms with Crippen molar-refractivity contribution in [3.05, 3.63) is 53.7 Å². The minimum atomic E-state index is -0.137. The van der Waals surface area contributed by atoms with Crippen molar-refractivity contribution in [2.24, 2.45) is 0 Å². The van der Waals surface area contributed by atoms with Crippen molar-refractivity contribution in [3.63, 3.8) is 0 Å². The first-order valence-corrected chi connectivity index (χ1v) is 8.80. The lowest BCUT2D eigenvalue weighted by atomic mass is 10.2. The van der Waals surface area contributed by atoms with Crippen LogP contribution < -0.4 is 15.0 Å². The first-order valence-electron chi connectivity index (χ1n) is 8.80. The normalized spacial score (nSPS) is 10.4. The number of carbonyl (C=O) groups excluding carboxylic acids is 1. The Labute approximate surface area is 150 Å². The van der Waals surface area contributed by atoms with Gasteiger partial charge in [-0.25, -0.2) is 4.98 Å². The molecule has 5 nitrogen and oxygen atoms in total. The molecule has 0 aliphatic rings. The zero-order chi connectivity index (χ0) is 18.1. The van der Waals surface area contributed by atoms with Gasteiger partial charge < -0.3 is 15.0 Å². The van der Waals surface area contributed by atoms with E-state index >= 15 is 0 Å². The predicted molar refractivity (Wildman–Crippen MR) is 101 cm³/mol. The molecule has 25 heavy (non-hydrogen) atoms. The van der Waals surface area contributed by atoms with Crippen LogP contribution in [0.3, 0.4) is 0 Å². The van der Waals surface area contributed by atoms with Crippen LogP contribution in [-0.2, 0) is 6.54 Å². The molecule has 0 unspecified atom stereocenters. The minimum Gasteiger partial charge on any atom is -0.496 e. The van der Waals surface area contributed by atoms with E-state index < -0.39 is 0 Å². The molecule has 1 N–H and O–H groups in total. The SMILES string of the molecule is CCCN(CCC)c1ccc(C(=O)NCc2ccccc2OC)cn1. The maximum atomic E-state index is 12.3. The number of methoxy groups -OCH3 is 1. The number of aromatic nitrogens is 1.